The summed E-state index contributed by atoms with van der Waals surface area (Å²) < 4.78 is 0. The van der Waals surface area contributed by atoms with Crippen LogP contribution in [0.15, 0.2) is 170 Å². The minimum Gasteiger partial charge on any atom is -0.310 e. The van der Waals surface area contributed by atoms with Crippen molar-refractivity contribution in [3.63, 3.8) is 0 Å². The zero-order valence-corrected chi connectivity index (χ0v) is 36.5. The van der Waals surface area contributed by atoms with Gasteiger partial charge in [0.15, 0.2) is 0 Å². The largest absolute Gasteiger partial charge is 0.310 e. The van der Waals surface area contributed by atoms with E-state index in [4.69, 9.17) is 0 Å². The fourth-order valence-electron chi connectivity index (χ4n) is 8.62. The first kappa shape index (κ1) is 40.2. The first-order valence-corrected chi connectivity index (χ1v) is 21.5. The van der Waals surface area contributed by atoms with E-state index in [-0.39, 0.29) is 0 Å². The second-order valence-corrected chi connectivity index (χ2v) is 16.5. The van der Waals surface area contributed by atoms with Crippen LogP contribution in [0.4, 0.5) is 34.1 Å². The maximum Gasteiger partial charge on any atom is 0.0520 e. The van der Waals surface area contributed by atoms with Crippen molar-refractivity contribution in [1.29, 1.82) is 0 Å². The van der Waals surface area contributed by atoms with Gasteiger partial charge in [-0.2, -0.15) is 0 Å². The molecular formula is C58H56N2. The minimum absolute atomic E-state index is 1.05. The van der Waals surface area contributed by atoms with Crippen molar-refractivity contribution in [2.45, 2.75) is 68.2 Å². The molecule has 8 aromatic rings. The molecule has 0 bridgehead atoms. The number of benzene rings is 8. The summed E-state index contributed by atoms with van der Waals surface area (Å²) in [5.74, 6) is 0. The number of hydrogen-bond acceptors (Lipinski definition) is 2. The van der Waals surface area contributed by atoms with E-state index >= 15 is 0 Å². The third kappa shape index (κ3) is 8.29. The van der Waals surface area contributed by atoms with Crippen LogP contribution in [0, 0.1) is 41.5 Å². The summed E-state index contributed by atoms with van der Waals surface area (Å²) in [5.41, 5.74) is 24.5. The highest BCUT2D eigenvalue weighted by Gasteiger charge is 2.21. The van der Waals surface area contributed by atoms with Crippen LogP contribution in [0.2, 0.25) is 0 Å². The molecular weight excluding hydrogens is 725 g/mol. The molecule has 0 amide bonds. The van der Waals surface area contributed by atoms with Crippen molar-refractivity contribution >= 4 is 34.1 Å². The van der Waals surface area contributed by atoms with Crippen LogP contribution in [-0.2, 0) is 12.8 Å². The van der Waals surface area contributed by atoms with E-state index in [0.717, 1.165) is 35.6 Å². The van der Waals surface area contributed by atoms with Crippen molar-refractivity contribution in [3.05, 3.63) is 214 Å². The van der Waals surface area contributed by atoms with Crippen LogP contribution in [0.1, 0.15) is 58.4 Å². The van der Waals surface area contributed by atoms with Crippen molar-refractivity contribution < 1.29 is 0 Å². The lowest BCUT2D eigenvalue weighted by atomic mass is 9.93. The molecule has 0 aromatic heterocycles. The molecule has 8 rings (SSSR count). The zero-order chi connectivity index (χ0) is 41.9. The van der Waals surface area contributed by atoms with Gasteiger partial charge in [0.1, 0.15) is 0 Å². The predicted molar refractivity (Wildman–Crippen MR) is 259 cm³/mol. The zero-order valence-electron chi connectivity index (χ0n) is 36.5. The number of anilines is 6. The molecule has 0 aliphatic rings. The Morgan fingerprint density at radius 1 is 0.283 bits per heavy atom. The third-order valence-corrected chi connectivity index (χ3v) is 12.0. The highest BCUT2D eigenvalue weighted by Crippen LogP contribution is 2.44. The topological polar surface area (TPSA) is 6.48 Å². The van der Waals surface area contributed by atoms with Crippen LogP contribution >= 0.6 is 0 Å². The first-order valence-electron chi connectivity index (χ1n) is 21.5. The lowest BCUT2D eigenvalue weighted by molar-refractivity contribution is 1.14. The van der Waals surface area contributed by atoms with Gasteiger partial charge in [0.2, 0.25) is 0 Å². The molecule has 2 heteroatoms. The van der Waals surface area contributed by atoms with Crippen molar-refractivity contribution in [2.75, 3.05) is 9.80 Å². The molecule has 0 fully saturated rings. The fraction of sp³-hybridized carbons (Fsp3) is 0.172. The van der Waals surface area contributed by atoms with Gasteiger partial charge in [0, 0.05) is 22.7 Å². The van der Waals surface area contributed by atoms with E-state index < -0.39 is 0 Å². The molecule has 0 spiro atoms. The van der Waals surface area contributed by atoms with E-state index in [0.29, 0.717) is 0 Å². The SMILES string of the molecule is CCc1ccc(-c2ccc(N(c3ccc(C)cc3)c3c(C)cc(-c4cc(C)c(N(c5ccc(C)cc5)c5ccc(-c6ccc(CC)cc6)cc5)c(C)c4)cc3C)cc2)cc1. The molecule has 0 saturated heterocycles. The molecule has 2 nitrogen and oxygen atoms in total. The molecule has 0 N–H and O–H groups in total. The summed E-state index contributed by atoms with van der Waals surface area (Å²) in [7, 11) is 0. The smallest absolute Gasteiger partial charge is 0.0520 e. The Labute approximate surface area is 358 Å². The molecule has 0 heterocycles. The Kier molecular flexibility index (Phi) is 11.6. The lowest BCUT2D eigenvalue weighted by Crippen LogP contribution is -2.13. The summed E-state index contributed by atoms with van der Waals surface area (Å²) in [6, 6.07) is 63.2. The quantitative estimate of drug-likeness (QED) is 0.129. The third-order valence-electron chi connectivity index (χ3n) is 12.0. The Bertz CT molecular complexity index is 2480. The molecule has 0 saturated carbocycles. The Morgan fingerprint density at radius 3 is 0.767 bits per heavy atom. The van der Waals surface area contributed by atoms with Crippen LogP contribution in [-0.4, -0.2) is 0 Å². The number of nitrogens with zero attached hydrogens (tertiary/aromatic N) is 2. The van der Waals surface area contributed by atoms with Gasteiger partial charge in [0.25, 0.3) is 0 Å². The average molecular weight is 781 g/mol. The van der Waals surface area contributed by atoms with Gasteiger partial charge >= 0.3 is 0 Å². The lowest BCUT2D eigenvalue weighted by Gasteiger charge is -2.30. The summed E-state index contributed by atoms with van der Waals surface area (Å²) in [5, 5.41) is 0. The second-order valence-electron chi connectivity index (χ2n) is 16.5. The summed E-state index contributed by atoms with van der Waals surface area (Å²) >= 11 is 0. The van der Waals surface area contributed by atoms with Crippen LogP contribution in [0.25, 0.3) is 33.4 Å². The van der Waals surface area contributed by atoms with Crippen molar-refractivity contribution in [3.8, 4) is 33.4 Å². The van der Waals surface area contributed by atoms with Crippen molar-refractivity contribution in [1.82, 2.24) is 0 Å². The van der Waals surface area contributed by atoms with Gasteiger partial charge in [-0.3, -0.25) is 0 Å². The Morgan fingerprint density at radius 2 is 0.517 bits per heavy atom. The molecule has 8 aromatic carbocycles. The monoisotopic (exact) mass is 780 g/mol. The Hall–Kier alpha value is -6.64. The molecule has 0 atom stereocenters. The van der Waals surface area contributed by atoms with Gasteiger partial charge in [-0.1, -0.05) is 122 Å². The summed E-state index contributed by atoms with van der Waals surface area (Å²) in [6.45, 7) is 17.7. The molecule has 0 aliphatic heterocycles. The number of hydrogen-bond donors (Lipinski definition) is 0. The highest BCUT2D eigenvalue weighted by molar-refractivity contribution is 5.87. The van der Waals surface area contributed by atoms with Gasteiger partial charge in [-0.05, 0) is 194 Å². The first-order chi connectivity index (χ1) is 29.1. The van der Waals surface area contributed by atoms with Crippen LogP contribution in [0.3, 0.4) is 0 Å². The van der Waals surface area contributed by atoms with E-state index in [9.17, 15) is 0 Å². The van der Waals surface area contributed by atoms with E-state index in [2.05, 4.69) is 235 Å². The molecule has 0 unspecified atom stereocenters. The Balaban J connectivity index is 1.16. The predicted octanol–water partition coefficient (Wildman–Crippen LogP) is 16.6. The highest BCUT2D eigenvalue weighted by atomic mass is 15.2. The average Bonchev–Trinajstić information content (AvgIpc) is 3.27. The van der Waals surface area contributed by atoms with Gasteiger partial charge < -0.3 is 9.80 Å². The number of aryl methyl sites for hydroxylation is 8. The fourth-order valence-corrected chi connectivity index (χ4v) is 8.62. The second kappa shape index (κ2) is 17.3. The normalized spacial score (nSPS) is 11.1. The van der Waals surface area contributed by atoms with Gasteiger partial charge in [0.05, 0.1) is 11.4 Å². The maximum atomic E-state index is 2.42. The van der Waals surface area contributed by atoms with E-state index in [1.54, 1.807) is 0 Å². The van der Waals surface area contributed by atoms with Gasteiger partial charge in [-0.15, -0.1) is 0 Å². The van der Waals surface area contributed by atoms with Crippen LogP contribution in [0.5, 0.6) is 0 Å². The standard InChI is InChI=1S/C58H56N2/c1-9-45-15-19-47(20-16-45)49-23-31-55(32-24-49)59(53-27-11-39(3)12-28-53)57-41(5)35-51(36-42(57)6)52-37-43(7)58(44(8)38-52)60(54-29-13-40(4)14-30-54)56-33-25-50(26-34-56)48-21-17-46(10-2)18-22-48/h11-38H,9-10H2,1-8H3. The summed E-state index contributed by atoms with van der Waals surface area (Å²) in [6.07, 6.45) is 2.09. The van der Waals surface area contributed by atoms with Crippen molar-refractivity contribution in [2.24, 2.45) is 0 Å². The molecule has 0 aliphatic carbocycles. The minimum atomic E-state index is 1.05. The maximum absolute atomic E-state index is 2.42. The molecule has 60 heavy (non-hydrogen) atoms. The van der Waals surface area contributed by atoms with E-state index in [1.165, 1.54) is 89.3 Å². The summed E-state index contributed by atoms with van der Waals surface area (Å²) in [4.78, 5) is 4.84. The molecule has 0 radical (unpaired) electrons. The van der Waals surface area contributed by atoms with Crippen LogP contribution < -0.4 is 9.80 Å². The van der Waals surface area contributed by atoms with E-state index in [1.807, 2.05) is 0 Å². The molecule has 298 valence electrons. The number of rotatable bonds is 11. The van der Waals surface area contributed by atoms with Gasteiger partial charge in [-0.25, -0.2) is 0 Å².